The maximum atomic E-state index is 12.6. The predicted octanol–water partition coefficient (Wildman–Crippen LogP) is 4.02. The van der Waals surface area contributed by atoms with Gasteiger partial charge in [0.15, 0.2) is 0 Å². The molecule has 3 rings (SSSR count). The van der Waals surface area contributed by atoms with E-state index in [-0.39, 0.29) is 17.7 Å². The van der Waals surface area contributed by atoms with Crippen LogP contribution in [0.2, 0.25) is 0 Å². The normalized spacial score (nSPS) is 10.6. The summed E-state index contributed by atoms with van der Waals surface area (Å²) in [5.41, 5.74) is 3.05. The molecule has 0 aliphatic rings. The minimum absolute atomic E-state index is 0.0503. The molecule has 3 aromatic rings. The molecular weight excluding hydrogens is 392 g/mol. The molecule has 0 aliphatic heterocycles. The average Bonchev–Trinajstić information content (AvgIpc) is 2.79. The fraction of sp³-hybridized carbons (Fsp3) is 0.250. The molecule has 160 valence electrons. The maximum Gasteiger partial charge on any atom is 0.256 e. The van der Waals surface area contributed by atoms with E-state index in [0.717, 1.165) is 16.9 Å². The van der Waals surface area contributed by atoms with Crippen LogP contribution in [0.5, 0.6) is 5.75 Å². The molecule has 1 N–H and O–H groups in total. The molecule has 1 heterocycles. The number of hydrogen-bond donors (Lipinski definition) is 1. The molecule has 1 aromatic heterocycles. The molecule has 0 saturated heterocycles. The van der Waals surface area contributed by atoms with E-state index in [4.69, 9.17) is 4.74 Å². The van der Waals surface area contributed by atoms with Gasteiger partial charge < -0.3 is 15.0 Å². The van der Waals surface area contributed by atoms with E-state index < -0.39 is 0 Å². The van der Waals surface area contributed by atoms with Crippen molar-refractivity contribution in [2.24, 2.45) is 5.92 Å². The van der Waals surface area contributed by atoms with Crippen molar-refractivity contribution in [3.8, 4) is 17.0 Å². The second kappa shape index (κ2) is 9.84. The number of nitrogens with zero attached hydrogens (tertiary/aromatic N) is 3. The number of rotatable bonds is 7. The van der Waals surface area contributed by atoms with Crippen molar-refractivity contribution in [1.82, 2.24) is 14.9 Å². The summed E-state index contributed by atoms with van der Waals surface area (Å²) < 4.78 is 5.17. The highest BCUT2D eigenvalue weighted by Crippen LogP contribution is 2.22. The van der Waals surface area contributed by atoms with Crippen molar-refractivity contribution in [2.75, 3.05) is 19.5 Å². The minimum atomic E-state index is -0.266. The van der Waals surface area contributed by atoms with Crippen molar-refractivity contribution in [3.63, 3.8) is 0 Å². The second-order valence-corrected chi connectivity index (χ2v) is 7.52. The van der Waals surface area contributed by atoms with Gasteiger partial charge in [-0.3, -0.25) is 9.59 Å². The zero-order valence-electron chi connectivity index (χ0n) is 18.1. The number of ether oxygens (including phenoxy) is 1. The van der Waals surface area contributed by atoms with Gasteiger partial charge in [0, 0.05) is 36.7 Å². The molecule has 7 nitrogen and oxygen atoms in total. The molecule has 2 amide bonds. The van der Waals surface area contributed by atoms with Gasteiger partial charge >= 0.3 is 0 Å². The zero-order valence-corrected chi connectivity index (χ0v) is 18.1. The van der Waals surface area contributed by atoms with Gasteiger partial charge in [-0.1, -0.05) is 26.0 Å². The number of nitrogens with one attached hydrogen (secondary N) is 1. The largest absolute Gasteiger partial charge is 0.497 e. The van der Waals surface area contributed by atoms with Gasteiger partial charge in [-0.05, 0) is 42.0 Å². The highest BCUT2D eigenvalue weighted by atomic mass is 16.5. The lowest BCUT2D eigenvalue weighted by Gasteiger charge is -2.19. The van der Waals surface area contributed by atoms with Gasteiger partial charge in [0.25, 0.3) is 5.91 Å². The standard InChI is InChI=1S/C24H26N4O3/c1-16(2)24(30)28(3)14-17-5-7-19(8-6-17)23(29)27-22-13-21(25-15-26-22)18-9-11-20(31-4)12-10-18/h5-13,15-16H,14H2,1-4H3,(H,25,26,27,29). The van der Waals surface area contributed by atoms with E-state index in [1.54, 1.807) is 37.3 Å². The third-order valence-electron chi connectivity index (χ3n) is 4.80. The molecule has 31 heavy (non-hydrogen) atoms. The third kappa shape index (κ3) is 5.66. The molecule has 0 unspecified atom stereocenters. The topological polar surface area (TPSA) is 84.4 Å². The summed E-state index contributed by atoms with van der Waals surface area (Å²) >= 11 is 0. The Labute approximate surface area is 182 Å². The summed E-state index contributed by atoms with van der Waals surface area (Å²) in [6.45, 7) is 4.25. The molecule has 0 bridgehead atoms. The number of benzene rings is 2. The van der Waals surface area contributed by atoms with E-state index >= 15 is 0 Å². The smallest absolute Gasteiger partial charge is 0.256 e. The fourth-order valence-corrected chi connectivity index (χ4v) is 3.09. The Hall–Kier alpha value is -3.74. The van der Waals surface area contributed by atoms with Gasteiger partial charge in [0.2, 0.25) is 5.91 Å². The van der Waals surface area contributed by atoms with E-state index in [2.05, 4.69) is 15.3 Å². The maximum absolute atomic E-state index is 12.6. The predicted molar refractivity (Wildman–Crippen MR) is 120 cm³/mol. The highest BCUT2D eigenvalue weighted by Gasteiger charge is 2.14. The Bertz CT molecular complexity index is 1050. The van der Waals surface area contributed by atoms with Gasteiger partial charge in [-0.15, -0.1) is 0 Å². The number of carbonyl (C=O) groups is 2. The summed E-state index contributed by atoms with van der Waals surface area (Å²) in [7, 11) is 3.39. The Balaban J connectivity index is 1.66. The van der Waals surface area contributed by atoms with Crippen LogP contribution < -0.4 is 10.1 Å². The van der Waals surface area contributed by atoms with Crippen molar-refractivity contribution < 1.29 is 14.3 Å². The first kappa shape index (κ1) is 22.0. The first-order valence-electron chi connectivity index (χ1n) is 9.99. The van der Waals surface area contributed by atoms with Gasteiger partial charge in [-0.2, -0.15) is 0 Å². The van der Waals surface area contributed by atoms with Crippen molar-refractivity contribution >= 4 is 17.6 Å². The summed E-state index contributed by atoms with van der Waals surface area (Å²) in [6, 6.07) is 16.4. The zero-order chi connectivity index (χ0) is 22.4. The van der Waals surface area contributed by atoms with Crippen LogP contribution in [0.25, 0.3) is 11.3 Å². The minimum Gasteiger partial charge on any atom is -0.497 e. The highest BCUT2D eigenvalue weighted by molar-refractivity contribution is 6.03. The number of methoxy groups -OCH3 is 1. The summed E-state index contributed by atoms with van der Waals surface area (Å²) in [4.78, 5) is 34.8. The number of carbonyl (C=O) groups excluding carboxylic acids is 2. The molecule has 2 aromatic carbocycles. The molecule has 0 fully saturated rings. The molecule has 0 saturated carbocycles. The SMILES string of the molecule is COc1ccc(-c2cc(NC(=O)c3ccc(CN(C)C(=O)C(C)C)cc3)ncn2)cc1. The molecular formula is C24H26N4O3. The lowest BCUT2D eigenvalue weighted by molar-refractivity contribution is -0.133. The van der Waals surface area contributed by atoms with Crippen LogP contribution in [0, 0.1) is 5.92 Å². The van der Waals surface area contributed by atoms with Crippen LogP contribution in [0.1, 0.15) is 29.8 Å². The van der Waals surface area contributed by atoms with Crippen LogP contribution in [0.15, 0.2) is 60.9 Å². The molecule has 0 spiro atoms. The fourth-order valence-electron chi connectivity index (χ4n) is 3.09. The van der Waals surface area contributed by atoms with Gasteiger partial charge in [0.1, 0.15) is 17.9 Å². The number of amides is 2. The third-order valence-corrected chi connectivity index (χ3v) is 4.80. The first-order chi connectivity index (χ1) is 14.9. The summed E-state index contributed by atoms with van der Waals surface area (Å²) in [6.07, 6.45) is 1.42. The molecule has 7 heteroatoms. The van der Waals surface area contributed by atoms with Gasteiger partial charge in [-0.25, -0.2) is 9.97 Å². The van der Waals surface area contributed by atoms with Crippen LogP contribution >= 0.6 is 0 Å². The average molecular weight is 418 g/mol. The van der Waals surface area contributed by atoms with Crippen LogP contribution in [0.3, 0.4) is 0 Å². The number of aromatic nitrogens is 2. The monoisotopic (exact) mass is 418 g/mol. The first-order valence-corrected chi connectivity index (χ1v) is 9.99. The van der Waals surface area contributed by atoms with Crippen molar-refractivity contribution in [1.29, 1.82) is 0 Å². The molecule has 0 radical (unpaired) electrons. The molecule has 0 aliphatic carbocycles. The Morgan fingerprint density at radius 1 is 1.03 bits per heavy atom. The second-order valence-electron chi connectivity index (χ2n) is 7.52. The van der Waals surface area contributed by atoms with E-state index in [1.165, 1.54) is 6.33 Å². The van der Waals surface area contributed by atoms with Gasteiger partial charge in [0.05, 0.1) is 12.8 Å². The van der Waals surface area contributed by atoms with E-state index in [9.17, 15) is 9.59 Å². The Morgan fingerprint density at radius 2 is 1.71 bits per heavy atom. The summed E-state index contributed by atoms with van der Waals surface area (Å²) in [5, 5.41) is 2.81. The van der Waals surface area contributed by atoms with E-state index in [0.29, 0.717) is 23.6 Å². The Kier molecular flexibility index (Phi) is 6.97. The van der Waals surface area contributed by atoms with Crippen LogP contribution in [-0.4, -0.2) is 40.8 Å². The quantitative estimate of drug-likeness (QED) is 0.626. The van der Waals surface area contributed by atoms with Crippen LogP contribution in [0.4, 0.5) is 5.82 Å². The lowest BCUT2D eigenvalue weighted by Crippen LogP contribution is -2.29. The Morgan fingerprint density at radius 3 is 2.32 bits per heavy atom. The number of hydrogen-bond acceptors (Lipinski definition) is 5. The van der Waals surface area contributed by atoms with E-state index in [1.807, 2.05) is 50.2 Å². The van der Waals surface area contributed by atoms with Crippen LogP contribution in [-0.2, 0) is 11.3 Å². The van der Waals surface area contributed by atoms with Crippen molar-refractivity contribution in [3.05, 3.63) is 72.1 Å². The lowest BCUT2D eigenvalue weighted by atomic mass is 10.1. The summed E-state index contributed by atoms with van der Waals surface area (Å²) in [5.74, 6) is 0.938. The number of anilines is 1. The molecule has 0 atom stereocenters. The van der Waals surface area contributed by atoms with Crippen molar-refractivity contribution in [2.45, 2.75) is 20.4 Å².